The van der Waals surface area contributed by atoms with Crippen molar-refractivity contribution >= 4 is 5.97 Å². The van der Waals surface area contributed by atoms with Gasteiger partial charge >= 0.3 is 5.97 Å². The van der Waals surface area contributed by atoms with Crippen molar-refractivity contribution < 1.29 is 19.0 Å². The molecule has 1 aromatic rings. The van der Waals surface area contributed by atoms with Gasteiger partial charge in [-0.2, -0.15) is 0 Å². The highest BCUT2D eigenvalue weighted by atomic mass is 19.1. The Morgan fingerprint density at radius 1 is 1.50 bits per heavy atom. The molecule has 0 amide bonds. The Labute approximate surface area is 118 Å². The van der Waals surface area contributed by atoms with Gasteiger partial charge in [0.05, 0.1) is 11.7 Å². The number of hydrogen-bond donors (Lipinski definition) is 1. The Morgan fingerprint density at radius 3 is 2.95 bits per heavy atom. The van der Waals surface area contributed by atoms with E-state index in [2.05, 4.69) is 4.90 Å². The van der Waals surface area contributed by atoms with E-state index in [4.69, 9.17) is 9.84 Å². The van der Waals surface area contributed by atoms with Crippen molar-refractivity contribution in [3.63, 3.8) is 0 Å². The zero-order valence-corrected chi connectivity index (χ0v) is 11.6. The molecule has 1 aliphatic rings. The second-order valence-electron chi connectivity index (χ2n) is 5.30. The third-order valence-electron chi connectivity index (χ3n) is 3.50. The molecule has 0 spiro atoms. The van der Waals surface area contributed by atoms with Gasteiger partial charge in [-0.3, -0.25) is 4.90 Å². The van der Waals surface area contributed by atoms with Crippen LogP contribution in [0.5, 0.6) is 0 Å². The Kier molecular flexibility index (Phi) is 5.09. The van der Waals surface area contributed by atoms with Crippen molar-refractivity contribution in [3.8, 4) is 0 Å². The summed E-state index contributed by atoms with van der Waals surface area (Å²) < 4.78 is 19.0. The normalized spacial score (nSPS) is 19.2. The van der Waals surface area contributed by atoms with Crippen LogP contribution in [0.15, 0.2) is 18.2 Å². The van der Waals surface area contributed by atoms with Gasteiger partial charge in [0.1, 0.15) is 5.82 Å². The van der Waals surface area contributed by atoms with E-state index >= 15 is 0 Å². The summed E-state index contributed by atoms with van der Waals surface area (Å²) in [6, 6.07) is 4.24. The fourth-order valence-electron chi connectivity index (χ4n) is 2.51. The number of likely N-dealkylation sites (N-methyl/N-ethyl adjacent to an activating group) is 1. The lowest BCUT2D eigenvalue weighted by Gasteiger charge is -2.27. The third-order valence-corrected chi connectivity index (χ3v) is 3.50. The first-order valence-corrected chi connectivity index (χ1v) is 6.88. The maximum absolute atomic E-state index is 13.3. The molecule has 5 heteroatoms. The summed E-state index contributed by atoms with van der Waals surface area (Å²) in [5.74, 6) is -1.93. The van der Waals surface area contributed by atoms with E-state index in [1.165, 1.54) is 18.6 Å². The van der Waals surface area contributed by atoms with Gasteiger partial charge in [0.15, 0.2) is 0 Å². The van der Waals surface area contributed by atoms with Crippen molar-refractivity contribution in [2.45, 2.75) is 31.9 Å². The van der Waals surface area contributed by atoms with Gasteiger partial charge in [-0.05, 0) is 44.0 Å². The van der Waals surface area contributed by atoms with Gasteiger partial charge in [0, 0.05) is 19.7 Å². The highest BCUT2D eigenvalue weighted by molar-refractivity contribution is 5.88. The molecular weight excluding hydrogens is 261 g/mol. The number of carbonyl (C=O) groups is 1. The SMILES string of the molecule is CN(Cc1ccc(F)c(C(=O)O)c1)CC1CCCCO1. The molecule has 1 aromatic carbocycles. The summed E-state index contributed by atoms with van der Waals surface area (Å²) in [7, 11) is 1.96. The van der Waals surface area contributed by atoms with Crippen molar-refractivity contribution in [3.05, 3.63) is 35.1 Å². The molecule has 1 unspecified atom stereocenters. The van der Waals surface area contributed by atoms with Gasteiger partial charge in [-0.15, -0.1) is 0 Å². The van der Waals surface area contributed by atoms with Crippen molar-refractivity contribution in [2.24, 2.45) is 0 Å². The van der Waals surface area contributed by atoms with Crippen LogP contribution in [-0.4, -0.2) is 42.3 Å². The number of hydrogen-bond acceptors (Lipinski definition) is 3. The number of carboxylic acid groups (broad SMARTS) is 1. The zero-order chi connectivity index (χ0) is 14.5. The molecule has 0 aliphatic carbocycles. The number of benzene rings is 1. The minimum absolute atomic E-state index is 0.244. The maximum atomic E-state index is 13.3. The van der Waals surface area contributed by atoms with Crippen molar-refractivity contribution in [2.75, 3.05) is 20.2 Å². The second kappa shape index (κ2) is 6.81. The van der Waals surface area contributed by atoms with Crippen LogP contribution in [0.3, 0.4) is 0 Å². The number of halogens is 1. The minimum atomic E-state index is -1.23. The van der Waals surface area contributed by atoms with Crippen LogP contribution in [0.4, 0.5) is 4.39 Å². The zero-order valence-electron chi connectivity index (χ0n) is 11.6. The average molecular weight is 281 g/mol. The monoisotopic (exact) mass is 281 g/mol. The molecular formula is C15H20FNO3. The maximum Gasteiger partial charge on any atom is 0.338 e. The van der Waals surface area contributed by atoms with Crippen LogP contribution in [0, 0.1) is 5.82 Å². The first-order chi connectivity index (χ1) is 9.56. The van der Waals surface area contributed by atoms with Gasteiger partial charge in [0.2, 0.25) is 0 Å². The van der Waals surface area contributed by atoms with E-state index in [-0.39, 0.29) is 11.7 Å². The molecule has 2 rings (SSSR count). The molecule has 4 nitrogen and oxygen atoms in total. The van der Waals surface area contributed by atoms with Gasteiger partial charge in [-0.25, -0.2) is 9.18 Å². The summed E-state index contributed by atoms with van der Waals surface area (Å²) in [6.07, 6.45) is 3.63. The summed E-state index contributed by atoms with van der Waals surface area (Å²) >= 11 is 0. The molecule has 20 heavy (non-hydrogen) atoms. The standard InChI is InChI=1S/C15H20FNO3/c1-17(10-12-4-2-3-7-20-12)9-11-5-6-14(16)13(8-11)15(18)19/h5-6,8,12H,2-4,7,9-10H2,1H3,(H,18,19). The van der Waals surface area contributed by atoms with Gasteiger partial charge < -0.3 is 9.84 Å². The summed E-state index contributed by atoms with van der Waals surface area (Å²) in [6.45, 7) is 2.21. The predicted molar refractivity (Wildman–Crippen MR) is 73.3 cm³/mol. The van der Waals surface area contributed by atoms with Crippen LogP contribution in [0.1, 0.15) is 35.2 Å². The average Bonchev–Trinajstić information content (AvgIpc) is 2.41. The lowest BCUT2D eigenvalue weighted by Crippen LogP contribution is -2.33. The number of ether oxygens (including phenoxy) is 1. The first-order valence-electron chi connectivity index (χ1n) is 6.88. The Balaban J connectivity index is 1.95. The number of aromatic carboxylic acids is 1. The molecule has 1 heterocycles. The minimum Gasteiger partial charge on any atom is -0.478 e. The van der Waals surface area contributed by atoms with Crippen LogP contribution in [0.2, 0.25) is 0 Å². The van der Waals surface area contributed by atoms with E-state index in [1.807, 2.05) is 7.05 Å². The van der Waals surface area contributed by atoms with Crippen LogP contribution >= 0.6 is 0 Å². The highest BCUT2D eigenvalue weighted by Gasteiger charge is 2.17. The Hall–Kier alpha value is -1.46. The fourth-order valence-corrected chi connectivity index (χ4v) is 2.51. The quantitative estimate of drug-likeness (QED) is 0.901. The fraction of sp³-hybridized carbons (Fsp3) is 0.533. The molecule has 1 atom stereocenters. The summed E-state index contributed by atoms with van der Waals surface area (Å²) in [5, 5.41) is 8.91. The molecule has 1 N–H and O–H groups in total. The molecule has 0 aromatic heterocycles. The summed E-state index contributed by atoms with van der Waals surface area (Å²) in [5.41, 5.74) is 0.520. The van der Waals surface area contributed by atoms with Crippen LogP contribution in [-0.2, 0) is 11.3 Å². The second-order valence-corrected chi connectivity index (χ2v) is 5.30. The summed E-state index contributed by atoms with van der Waals surface area (Å²) in [4.78, 5) is 13.0. The van der Waals surface area contributed by atoms with E-state index in [0.29, 0.717) is 6.54 Å². The number of carboxylic acids is 1. The van der Waals surface area contributed by atoms with Crippen molar-refractivity contribution in [1.29, 1.82) is 0 Å². The smallest absolute Gasteiger partial charge is 0.338 e. The highest BCUT2D eigenvalue weighted by Crippen LogP contribution is 2.16. The van der Waals surface area contributed by atoms with Crippen LogP contribution < -0.4 is 0 Å². The van der Waals surface area contributed by atoms with Crippen molar-refractivity contribution in [1.82, 2.24) is 4.90 Å². The molecule has 1 aliphatic heterocycles. The molecule has 1 fully saturated rings. The van der Waals surface area contributed by atoms with E-state index in [9.17, 15) is 9.18 Å². The lowest BCUT2D eigenvalue weighted by atomic mass is 10.1. The Morgan fingerprint density at radius 2 is 2.30 bits per heavy atom. The topological polar surface area (TPSA) is 49.8 Å². The molecule has 0 bridgehead atoms. The lowest BCUT2D eigenvalue weighted by molar-refractivity contribution is -0.00260. The molecule has 0 saturated carbocycles. The Bertz CT molecular complexity index is 472. The predicted octanol–water partition coefficient (Wildman–Crippen LogP) is 2.52. The van der Waals surface area contributed by atoms with Gasteiger partial charge in [0.25, 0.3) is 0 Å². The van der Waals surface area contributed by atoms with Gasteiger partial charge in [-0.1, -0.05) is 6.07 Å². The van der Waals surface area contributed by atoms with Crippen LogP contribution in [0.25, 0.3) is 0 Å². The largest absolute Gasteiger partial charge is 0.478 e. The molecule has 110 valence electrons. The number of rotatable bonds is 5. The molecule has 1 saturated heterocycles. The molecule has 0 radical (unpaired) electrons. The number of nitrogens with zero attached hydrogens (tertiary/aromatic N) is 1. The van der Waals surface area contributed by atoms with E-state index in [0.717, 1.165) is 31.6 Å². The van der Waals surface area contributed by atoms with E-state index in [1.54, 1.807) is 6.07 Å². The first kappa shape index (κ1) is 14.9. The third kappa shape index (κ3) is 4.02. The van der Waals surface area contributed by atoms with E-state index < -0.39 is 11.8 Å².